The molecule has 0 unspecified atom stereocenters. The van der Waals surface area contributed by atoms with Crippen molar-refractivity contribution in [1.29, 1.82) is 0 Å². The standard InChI is InChI=1S/C3F8.C3H6F2.4CH4/c4-1(5,2(6,7)8)3(9,10)11;1-2-3(4)5;;;;/h;3H,2H2,1H3;4*1H4. The first-order valence-corrected chi connectivity index (χ1v) is 3.56. The Bertz CT molecular complexity index is 175. The second-order valence-electron chi connectivity index (χ2n) is 2.37. The smallest absolute Gasteiger partial charge is 0.211 e. The molecule has 132 valence electrons. The van der Waals surface area contributed by atoms with Crippen molar-refractivity contribution in [1.82, 2.24) is 0 Å². The molecular formula is C10H22F10. The first kappa shape index (κ1) is 36.5. The Hall–Kier alpha value is -0.700. The summed E-state index contributed by atoms with van der Waals surface area (Å²) in [4.78, 5) is 0. The number of alkyl halides is 10. The van der Waals surface area contributed by atoms with Gasteiger partial charge in [-0.25, -0.2) is 8.78 Å². The van der Waals surface area contributed by atoms with E-state index in [1.165, 1.54) is 6.92 Å². The van der Waals surface area contributed by atoms with Gasteiger partial charge in [-0.15, -0.1) is 0 Å². The number of hydrogen-bond donors (Lipinski definition) is 0. The quantitative estimate of drug-likeness (QED) is 0.456. The summed E-state index contributed by atoms with van der Waals surface area (Å²) in [7, 11) is 0. The molecular weight excluding hydrogens is 310 g/mol. The van der Waals surface area contributed by atoms with Gasteiger partial charge >= 0.3 is 18.3 Å². The molecule has 0 aromatic heterocycles. The Kier molecular flexibility index (Phi) is 22.1. The van der Waals surface area contributed by atoms with Crippen molar-refractivity contribution in [2.24, 2.45) is 0 Å². The van der Waals surface area contributed by atoms with Crippen molar-refractivity contribution >= 4 is 0 Å². The fraction of sp³-hybridized carbons (Fsp3) is 1.00. The summed E-state index contributed by atoms with van der Waals surface area (Å²) in [5.41, 5.74) is 0. The molecule has 0 saturated carbocycles. The van der Waals surface area contributed by atoms with Crippen LogP contribution in [0.5, 0.6) is 0 Å². The van der Waals surface area contributed by atoms with Gasteiger partial charge in [0, 0.05) is 6.42 Å². The molecule has 0 saturated heterocycles. The lowest BCUT2D eigenvalue weighted by atomic mass is 10.3. The van der Waals surface area contributed by atoms with E-state index in [9.17, 15) is 43.9 Å². The van der Waals surface area contributed by atoms with Crippen molar-refractivity contribution in [3.8, 4) is 0 Å². The van der Waals surface area contributed by atoms with Crippen molar-refractivity contribution in [2.45, 2.75) is 67.8 Å². The van der Waals surface area contributed by atoms with E-state index < -0.39 is 24.7 Å². The minimum atomic E-state index is -6.62. The molecule has 0 rings (SSSR count). The SMILES string of the molecule is C.C.C.C.CCC(F)F.FC(F)(F)C(F)(F)C(F)(F)F. The molecule has 0 heterocycles. The van der Waals surface area contributed by atoms with E-state index in [2.05, 4.69) is 0 Å². The van der Waals surface area contributed by atoms with Gasteiger partial charge in [-0.05, 0) is 0 Å². The summed E-state index contributed by atoms with van der Waals surface area (Å²) in [6, 6.07) is 0. The van der Waals surface area contributed by atoms with Crippen LogP contribution in [-0.4, -0.2) is 24.7 Å². The van der Waals surface area contributed by atoms with Crippen LogP contribution in [-0.2, 0) is 0 Å². The van der Waals surface area contributed by atoms with Crippen LogP contribution in [0.25, 0.3) is 0 Å². The minimum absolute atomic E-state index is 0. The summed E-state index contributed by atoms with van der Waals surface area (Å²) >= 11 is 0. The first-order valence-electron chi connectivity index (χ1n) is 3.56. The van der Waals surface area contributed by atoms with Crippen LogP contribution in [0.15, 0.2) is 0 Å². The van der Waals surface area contributed by atoms with Gasteiger partial charge < -0.3 is 0 Å². The molecule has 10 heteroatoms. The zero-order chi connectivity index (χ0) is 13.8. The van der Waals surface area contributed by atoms with Crippen molar-refractivity contribution in [3.05, 3.63) is 0 Å². The summed E-state index contributed by atoms with van der Waals surface area (Å²) in [5.74, 6) is -6.62. The predicted molar refractivity (Wildman–Crippen MR) is 60.3 cm³/mol. The Balaban J connectivity index is -0.0000000482. The van der Waals surface area contributed by atoms with Gasteiger partial charge in [-0.2, -0.15) is 35.1 Å². The molecule has 0 bridgehead atoms. The molecule has 0 aliphatic rings. The fourth-order valence-electron chi connectivity index (χ4n) is 0.161. The lowest BCUT2D eigenvalue weighted by Crippen LogP contribution is -2.49. The molecule has 0 aliphatic heterocycles. The molecule has 0 aliphatic carbocycles. The third-order valence-electron chi connectivity index (χ3n) is 1.02. The number of hydrogen-bond acceptors (Lipinski definition) is 0. The van der Waals surface area contributed by atoms with Crippen LogP contribution in [0.1, 0.15) is 43.1 Å². The zero-order valence-corrected chi connectivity index (χ0v) is 7.56. The average molecular weight is 332 g/mol. The molecule has 0 nitrogen and oxygen atoms in total. The molecule has 0 fully saturated rings. The zero-order valence-electron chi connectivity index (χ0n) is 7.56. The molecule has 0 radical (unpaired) electrons. The lowest BCUT2D eigenvalue weighted by molar-refractivity contribution is -0.389. The molecule has 0 N–H and O–H groups in total. The molecule has 0 spiro atoms. The summed E-state index contributed by atoms with van der Waals surface area (Å²) in [5, 5.41) is 0. The van der Waals surface area contributed by atoms with Crippen LogP contribution in [0.2, 0.25) is 0 Å². The van der Waals surface area contributed by atoms with Crippen molar-refractivity contribution < 1.29 is 43.9 Å². The minimum Gasteiger partial charge on any atom is -0.211 e. The summed E-state index contributed by atoms with van der Waals surface area (Å²) < 4.78 is 109. The Morgan fingerprint density at radius 3 is 0.800 bits per heavy atom. The van der Waals surface area contributed by atoms with Crippen LogP contribution in [0.4, 0.5) is 43.9 Å². The molecule has 0 aromatic rings. The monoisotopic (exact) mass is 332 g/mol. The first-order chi connectivity index (χ1) is 6.77. The summed E-state index contributed by atoms with van der Waals surface area (Å²) in [6.07, 6.45) is -15.3. The highest BCUT2D eigenvalue weighted by Crippen LogP contribution is 2.46. The van der Waals surface area contributed by atoms with Crippen LogP contribution in [0.3, 0.4) is 0 Å². The Morgan fingerprint density at radius 1 is 0.650 bits per heavy atom. The largest absolute Gasteiger partial charge is 0.463 e. The van der Waals surface area contributed by atoms with Crippen LogP contribution < -0.4 is 0 Å². The van der Waals surface area contributed by atoms with E-state index in [1.807, 2.05) is 0 Å². The van der Waals surface area contributed by atoms with Gasteiger partial charge in [0.05, 0.1) is 0 Å². The van der Waals surface area contributed by atoms with E-state index in [4.69, 9.17) is 0 Å². The molecule has 20 heavy (non-hydrogen) atoms. The topological polar surface area (TPSA) is 0 Å². The predicted octanol–water partition coefficient (Wildman–Crippen LogP) is 6.95. The van der Waals surface area contributed by atoms with Crippen LogP contribution in [0, 0.1) is 0 Å². The fourth-order valence-corrected chi connectivity index (χ4v) is 0.161. The van der Waals surface area contributed by atoms with Gasteiger partial charge in [0.2, 0.25) is 6.43 Å². The van der Waals surface area contributed by atoms with Crippen LogP contribution >= 0.6 is 0 Å². The number of halogens is 10. The molecule has 0 atom stereocenters. The normalized spacial score (nSPS) is 10.8. The van der Waals surface area contributed by atoms with Gasteiger partial charge in [0.25, 0.3) is 0 Å². The highest BCUT2D eigenvalue weighted by atomic mass is 19.5. The summed E-state index contributed by atoms with van der Waals surface area (Å²) in [6.45, 7) is 1.45. The third-order valence-corrected chi connectivity index (χ3v) is 1.02. The second kappa shape index (κ2) is 12.1. The van der Waals surface area contributed by atoms with E-state index in [0.717, 1.165) is 0 Å². The second-order valence-corrected chi connectivity index (χ2v) is 2.37. The average Bonchev–Trinajstić information content (AvgIpc) is 2.01. The van der Waals surface area contributed by atoms with Crippen molar-refractivity contribution in [2.75, 3.05) is 0 Å². The maximum absolute atomic E-state index is 11.2. The van der Waals surface area contributed by atoms with Crippen molar-refractivity contribution in [3.63, 3.8) is 0 Å². The lowest BCUT2D eigenvalue weighted by Gasteiger charge is -2.21. The van der Waals surface area contributed by atoms with Gasteiger partial charge in [0.15, 0.2) is 0 Å². The highest BCUT2D eigenvalue weighted by molar-refractivity contribution is 4.83. The van der Waals surface area contributed by atoms with Gasteiger partial charge in [0.1, 0.15) is 0 Å². The van der Waals surface area contributed by atoms with E-state index in [1.54, 1.807) is 0 Å². The van der Waals surface area contributed by atoms with E-state index >= 15 is 0 Å². The van der Waals surface area contributed by atoms with E-state index in [0.29, 0.717) is 0 Å². The Morgan fingerprint density at radius 2 is 0.800 bits per heavy atom. The maximum atomic E-state index is 11.2. The highest BCUT2D eigenvalue weighted by Gasteiger charge is 2.74. The van der Waals surface area contributed by atoms with Gasteiger partial charge in [-0.1, -0.05) is 36.6 Å². The molecule has 0 aromatic carbocycles. The Labute approximate surface area is 113 Å². The van der Waals surface area contributed by atoms with Gasteiger partial charge in [-0.3, -0.25) is 0 Å². The maximum Gasteiger partial charge on any atom is 0.463 e. The molecule has 0 amide bonds. The third kappa shape index (κ3) is 12.3. The number of rotatable bonds is 1. The van der Waals surface area contributed by atoms with E-state index in [-0.39, 0.29) is 36.1 Å².